The van der Waals surface area contributed by atoms with Crippen molar-refractivity contribution in [2.45, 2.75) is 64.5 Å². The molecule has 0 aromatic heterocycles. The van der Waals surface area contributed by atoms with Gasteiger partial charge >= 0.3 is 0 Å². The van der Waals surface area contributed by atoms with Gasteiger partial charge < -0.3 is 36.6 Å². The SMILES string of the molecule is C1CCNCC1.CNc1ccc(CNC(=O)C2CCCN2)cc1N.COc1ccc(C)cc1.O=CN1CCCC1. The summed E-state index contributed by atoms with van der Waals surface area (Å²) in [4.78, 5) is 23.5. The molecule has 40 heavy (non-hydrogen) atoms. The molecule has 5 rings (SSSR count). The second kappa shape index (κ2) is 19.7. The number of rotatable bonds is 6. The molecule has 3 heterocycles. The monoisotopic (exact) mass is 554 g/mol. The topological polar surface area (TPSA) is 121 Å². The van der Waals surface area contributed by atoms with Gasteiger partial charge in [-0.15, -0.1) is 0 Å². The summed E-state index contributed by atoms with van der Waals surface area (Å²) < 4.78 is 4.97. The molecule has 9 heteroatoms. The Morgan fingerprint density at radius 1 is 1.02 bits per heavy atom. The van der Waals surface area contributed by atoms with E-state index in [4.69, 9.17) is 10.5 Å². The van der Waals surface area contributed by atoms with Crippen molar-refractivity contribution < 1.29 is 14.3 Å². The van der Waals surface area contributed by atoms with Gasteiger partial charge in [0, 0.05) is 26.7 Å². The van der Waals surface area contributed by atoms with E-state index in [9.17, 15) is 9.59 Å². The molecule has 2 aromatic carbocycles. The van der Waals surface area contributed by atoms with Crippen LogP contribution in [0.1, 0.15) is 56.1 Å². The van der Waals surface area contributed by atoms with Gasteiger partial charge in [0.2, 0.25) is 12.3 Å². The number of amides is 2. The van der Waals surface area contributed by atoms with Gasteiger partial charge in [0.25, 0.3) is 0 Å². The zero-order chi connectivity index (χ0) is 29.0. The van der Waals surface area contributed by atoms with Crippen LogP contribution in [0.25, 0.3) is 0 Å². The molecule has 0 saturated carbocycles. The standard InChI is InChI=1S/C13H20N4O.C8H10O.C5H9NO.C5H11N/c1-15-11-5-4-9(7-10(11)14)8-17-13(18)12-3-2-6-16-12;1-7-3-5-8(9-2)6-4-7;7-5-6-3-1-2-4-6;1-2-4-6-5-3-1/h4-5,7,12,15-16H,2-3,6,8,14H2,1H3,(H,17,18);3-6H,1-2H3;5H,1-4H2;6H,1-5H2. The van der Waals surface area contributed by atoms with E-state index in [1.807, 2.05) is 49.5 Å². The maximum absolute atomic E-state index is 11.8. The number of likely N-dealkylation sites (tertiary alicyclic amines) is 1. The average Bonchev–Trinajstić information content (AvgIpc) is 3.74. The molecule has 3 aliphatic heterocycles. The van der Waals surface area contributed by atoms with Gasteiger partial charge in [0.15, 0.2) is 0 Å². The minimum Gasteiger partial charge on any atom is -0.497 e. The van der Waals surface area contributed by atoms with Crippen molar-refractivity contribution >= 4 is 23.7 Å². The van der Waals surface area contributed by atoms with Gasteiger partial charge in [-0.2, -0.15) is 0 Å². The van der Waals surface area contributed by atoms with Crippen LogP contribution in [0.4, 0.5) is 11.4 Å². The smallest absolute Gasteiger partial charge is 0.237 e. The zero-order valence-electron chi connectivity index (χ0n) is 24.6. The van der Waals surface area contributed by atoms with Crippen LogP contribution in [0.2, 0.25) is 0 Å². The summed E-state index contributed by atoms with van der Waals surface area (Å²) in [5, 5.41) is 12.4. The van der Waals surface area contributed by atoms with Gasteiger partial charge in [-0.05, 0) is 94.9 Å². The number of nitrogens with zero attached hydrogens (tertiary/aromatic N) is 1. The third-order valence-corrected chi connectivity index (χ3v) is 6.98. The van der Waals surface area contributed by atoms with Gasteiger partial charge in [-0.3, -0.25) is 9.59 Å². The maximum atomic E-state index is 11.8. The van der Waals surface area contributed by atoms with E-state index < -0.39 is 0 Å². The zero-order valence-corrected chi connectivity index (χ0v) is 24.6. The van der Waals surface area contributed by atoms with Gasteiger partial charge in [-0.1, -0.05) is 30.2 Å². The van der Waals surface area contributed by atoms with Crippen LogP contribution in [0.15, 0.2) is 42.5 Å². The molecule has 1 unspecified atom stereocenters. The highest BCUT2D eigenvalue weighted by molar-refractivity contribution is 5.82. The van der Waals surface area contributed by atoms with Crippen LogP contribution >= 0.6 is 0 Å². The van der Waals surface area contributed by atoms with Crippen LogP contribution in [0.3, 0.4) is 0 Å². The molecular weight excluding hydrogens is 504 g/mol. The fourth-order valence-electron chi connectivity index (χ4n) is 4.49. The molecule has 6 N–H and O–H groups in total. The Balaban J connectivity index is 0.000000211. The lowest BCUT2D eigenvalue weighted by Gasteiger charge is -2.12. The number of ether oxygens (including phenoxy) is 1. The minimum absolute atomic E-state index is 0.0288. The third kappa shape index (κ3) is 13.2. The Morgan fingerprint density at radius 3 is 2.17 bits per heavy atom. The van der Waals surface area contributed by atoms with Gasteiger partial charge in [0.05, 0.1) is 24.5 Å². The molecule has 2 aromatic rings. The maximum Gasteiger partial charge on any atom is 0.237 e. The lowest BCUT2D eigenvalue weighted by Crippen LogP contribution is -2.40. The summed E-state index contributed by atoms with van der Waals surface area (Å²) >= 11 is 0. The van der Waals surface area contributed by atoms with E-state index >= 15 is 0 Å². The molecule has 1 atom stereocenters. The van der Waals surface area contributed by atoms with Crippen molar-refractivity contribution in [3.05, 3.63) is 53.6 Å². The first kappa shape index (κ1) is 32.9. The van der Waals surface area contributed by atoms with Gasteiger partial charge in [0.1, 0.15) is 5.75 Å². The predicted octanol–water partition coefficient (Wildman–Crippen LogP) is 3.68. The number of hydrogen-bond donors (Lipinski definition) is 5. The summed E-state index contributed by atoms with van der Waals surface area (Å²) in [6.07, 6.45) is 9.52. The quantitative estimate of drug-likeness (QED) is 0.273. The number of methoxy groups -OCH3 is 1. The number of carbonyl (C=O) groups excluding carboxylic acids is 2. The lowest BCUT2D eigenvalue weighted by atomic mass is 10.1. The van der Waals surface area contributed by atoms with E-state index in [1.165, 1.54) is 50.8 Å². The van der Waals surface area contributed by atoms with Crippen LogP contribution < -0.4 is 31.7 Å². The number of piperidine rings is 1. The Bertz CT molecular complexity index is 958. The third-order valence-electron chi connectivity index (χ3n) is 6.98. The molecule has 0 bridgehead atoms. The molecule has 3 saturated heterocycles. The molecule has 3 fully saturated rings. The molecule has 0 aliphatic carbocycles. The number of nitrogen functional groups attached to an aromatic ring is 1. The summed E-state index contributed by atoms with van der Waals surface area (Å²) in [5.41, 5.74) is 9.75. The lowest BCUT2D eigenvalue weighted by molar-refractivity contribution is -0.123. The summed E-state index contributed by atoms with van der Waals surface area (Å²) in [6, 6.07) is 13.7. The Hall–Kier alpha value is -3.30. The van der Waals surface area contributed by atoms with E-state index in [-0.39, 0.29) is 11.9 Å². The average molecular weight is 555 g/mol. The first-order chi connectivity index (χ1) is 19.5. The number of nitrogens with one attached hydrogen (secondary N) is 4. The van der Waals surface area contributed by atoms with Crippen molar-refractivity contribution in [1.82, 2.24) is 20.9 Å². The Labute approximate surface area is 240 Å². The molecule has 0 spiro atoms. The summed E-state index contributed by atoms with van der Waals surface area (Å²) in [7, 11) is 3.50. The first-order valence-corrected chi connectivity index (χ1v) is 14.5. The number of anilines is 2. The fraction of sp³-hybridized carbons (Fsp3) is 0.548. The largest absolute Gasteiger partial charge is 0.497 e. The van der Waals surface area contributed by atoms with Crippen molar-refractivity contribution in [3.8, 4) is 5.75 Å². The second-order valence-corrected chi connectivity index (χ2v) is 10.2. The van der Waals surface area contributed by atoms with E-state index in [0.29, 0.717) is 12.2 Å². The minimum atomic E-state index is -0.0288. The number of carbonyl (C=O) groups is 2. The molecule has 3 aliphatic rings. The number of nitrogens with two attached hydrogens (primary N) is 1. The van der Waals surface area contributed by atoms with Crippen molar-refractivity contribution in [2.24, 2.45) is 0 Å². The number of hydrogen-bond acceptors (Lipinski definition) is 7. The van der Waals surface area contributed by atoms with E-state index in [0.717, 1.165) is 55.9 Å². The van der Waals surface area contributed by atoms with Crippen molar-refractivity contribution in [1.29, 1.82) is 0 Å². The summed E-state index contributed by atoms with van der Waals surface area (Å²) in [5.74, 6) is 0.990. The van der Waals surface area contributed by atoms with Crippen LogP contribution in [-0.2, 0) is 16.1 Å². The molecular formula is C31H50N6O3. The highest BCUT2D eigenvalue weighted by Crippen LogP contribution is 2.19. The van der Waals surface area contributed by atoms with Crippen molar-refractivity contribution in [2.75, 3.05) is 57.9 Å². The van der Waals surface area contributed by atoms with E-state index in [2.05, 4.69) is 28.2 Å². The highest BCUT2D eigenvalue weighted by atomic mass is 16.5. The molecule has 2 amide bonds. The van der Waals surface area contributed by atoms with Crippen molar-refractivity contribution in [3.63, 3.8) is 0 Å². The Morgan fingerprint density at radius 2 is 1.73 bits per heavy atom. The molecule has 0 radical (unpaired) electrons. The first-order valence-electron chi connectivity index (χ1n) is 14.5. The van der Waals surface area contributed by atoms with Crippen LogP contribution in [0.5, 0.6) is 5.75 Å². The highest BCUT2D eigenvalue weighted by Gasteiger charge is 2.21. The number of aryl methyl sites for hydroxylation is 1. The van der Waals surface area contributed by atoms with Gasteiger partial charge in [-0.25, -0.2) is 0 Å². The van der Waals surface area contributed by atoms with Crippen LogP contribution in [-0.4, -0.2) is 70.1 Å². The predicted molar refractivity (Wildman–Crippen MR) is 165 cm³/mol. The second-order valence-electron chi connectivity index (χ2n) is 10.2. The molecule has 9 nitrogen and oxygen atoms in total. The van der Waals surface area contributed by atoms with Crippen LogP contribution in [0, 0.1) is 6.92 Å². The Kier molecular flexibility index (Phi) is 16.2. The fourth-order valence-corrected chi connectivity index (χ4v) is 4.49. The normalized spacial score (nSPS) is 17.6. The molecule has 222 valence electrons. The number of benzene rings is 2. The van der Waals surface area contributed by atoms with E-state index in [1.54, 1.807) is 12.0 Å². The summed E-state index contributed by atoms with van der Waals surface area (Å²) in [6.45, 7) is 7.96.